The first kappa shape index (κ1) is 21.3. The van der Waals surface area contributed by atoms with Crippen molar-refractivity contribution in [3.05, 3.63) is 53.6 Å². The Morgan fingerprint density at radius 1 is 1.13 bits per heavy atom. The van der Waals surface area contributed by atoms with E-state index in [1.807, 2.05) is 0 Å². The Labute approximate surface area is 186 Å². The Bertz CT molecular complexity index is 1260. The highest BCUT2D eigenvalue weighted by atomic mass is 35.5. The minimum absolute atomic E-state index is 0.0951. The van der Waals surface area contributed by atoms with E-state index in [0.29, 0.717) is 21.6 Å². The maximum absolute atomic E-state index is 12.8. The van der Waals surface area contributed by atoms with Gasteiger partial charge in [0.2, 0.25) is 15.0 Å². The minimum Gasteiger partial charge on any atom is -0.465 e. The first-order valence-electron chi connectivity index (χ1n) is 9.02. The number of benzene rings is 2. The summed E-state index contributed by atoms with van der Waals surface area (Å²) in [6, 6.07) is 11.9. The molecule has 4 rings (SSSR count). The Morgan fingerprint density at radius 2 is 1.74 bits per heavy atom. The van der Waals surface area contributed by atoms with Crippen molar-refractivity contribution in [3.63, 3.8) is 0 Å². The Balaban J connectivity index is 1.61. The molecule has 1 amide bonds. The quantitative estimate of drug-likeness (QED) is 0.438. The van der Waals surface area contributed by atoms with E-state index in [0.717, 1.165) is 11.8 Å². The van der Waals surface area contributed by atoms with Crippen molar-refractivity contribution >= 4 is 45.1 Å². The van der Waals surface area contributed by atoms with Crippen LogP contribution in [-0.4, -0.2) is 47.0 Å². The van der Waals surface area contributed by atoms with E-state index in [9.17, 15) is 18.0 Å². The number of carbonyl (C=O) groups excluding carboxylic acids is 2. The van der Waals surface area contributed by atoms with Crippen molar-refractivity contribution in [1.29, 1.82) is 0 Å². The monoisotopic (exact) mass is 478 g/mol. The molecule has 0 spiro atoms. The summed E-state index contributed by atoms with van der Waals surface area (Å²) in [5.74, 6) is -0.912. The molecule has 31 heavy (non-hydrogen) atoms. The fourth-order valence-electron chi connectivity index (χ4n) is 2.87. The average Bonchev–Trinajstić information content (AvgIpc) is 3.16. The highest BCUT2D eigenvalue weighted by molar-refractivity contribution is 8.01. The van der Waals surface area contributed by atoms with Gasteiger partial charge in [-0.25, -0.2) is 13.1 Å². The van der Waals surface area contributed by atoms with Crippen LogP contribution in [0.2, 0.25) is 5.02 Å². The molecule has 160 valence electrons. The van der Waals surface area contributed by atoms with Crippen LogP contribution >= 0.6 is 23.4 Å². The Morgan fingerprint density at radius 3 is 2.35 bits per heavy atom. The lowest BCUT2D eigenvalue weighted by atomic mass is 10.2. The second-order valence-corrected chi connectivity index (χ2v) is 9.81. The number of rotatable bonds is 5. The second kappa shape index (κ2) is 8.33. The van der Waals surface area contributed by atoms with Gasteiger partial charge in [-0.05, 0) is 55.5 Å². The number of sulfone groups is 1. The first-order chi connectivity index (χ1) is 14.8. The molecule has 0 saturated carbocycles. The molecule has 3 aromatic rings. The van der Waals surface area contributed by atoms with Gasteiger partial charge in [0.05, 0.1) is 16.4 Å². The summed E-state index contributed by atoms with van der Waals surface area (Å²) in [4.78, 5) is 24.5. The molecule has 1 aromatic heterocycles. The standard InChI is InChI=1S/C19H15ClN4O5S2/c1-2-29-18(26)15-17(25)23-24-16(21-22-19(24)30-15)11-3-7-13(8-4-11)31(27,28)14-9-5-12(20)6-10-14/h3-10,15H,2H2,1H3,(H,23,25). The van der Waals surface area contributed by atoms with Crippen molar-refractivity contribution < 1.29 is 22.7 Å². The number of carbonyl (C=O) groups is 2. The fraction of sp³-hybridized carbons (Fsp3) is 0.158. The molecule has 9 nitrogen and oxygen atoms in total. The van der Waals surface area contributed by atoms with Crippen molar-refractivity contribution in [2.75, 3.05) is 12.0 Å². The third-order valence-corrected chi connectivity index (χ3v) is 7.52. The first-order valence-corrected chi connectivity index (χ1v) is 11.8. The van der Waals surface area contributed by atoms with Crippen molar-refractivity contribution in [3.8, 4) is 11.4 Å². The summed E-state index contributed by atoms with van der Waals surface area (Å²) in [6.07, 6.45) is 0. The number of nitrogens with one attached hydrogen (secondary N) is 1. The molecule has 1 aliphatic heterocycles. The van der Waals surface area contributed by atoms with Gasteiger partial charge in [-0.1, -0.05) is 23.4 Å². The van der Waals surface area contributed by atoms with Crippen LogP contribution in [-0.2, 0) is 24.2 Å². The number of ether oxygens (including phenoxy) is 1. The van der Waals surface area contributed by atoms with E-state index in [-0.39, 0.29) is 16.4 Å². The highest BCUT2D eigenvalue weighted by Crippen LogP contribution is 2.31. The number of fused-ring (bicyclic) bond motifs is 1. The van der Waals surface area contributed by atoms with Crippen molar-refractivity contribution in [2.24, 2.45) is 0 Å². The summed E-state index contributed by atoms with van der Waals surface area (Å²) in [6.45, 7) is 1.81. The van der Waals surface area contributed by atoms with Gasteiger partial charge in [0, 0.05) is 10.6 Å². The molecule has 1 atom stereocenters. The van der Waals surface area contributed by atoms with Gasteiger partial charge in [-0.15, -0.1) is 10.2 Å². The lowest BCUT2D eigenvalue weighted by molar-refractivity contribution is -0.144. The summed E-state index contributed by atoms with van der Waals surface area (Å²) >= 11 is 6.76. The second-order valence-electron chi connectivity index (χ2n) is 6.35. The number of thioether (sulfide) groups is 1. The average molecular weight is 479 g/mol. The van der Waals surface area contributed by atoms with E-state index in [2.05, 4.69) is 15.6 Å². The summed E-state index contributed by atoms with van der Waals surface area (Å²) in [5, 5.41) is 7.75. The van der Waals surface area contributed by atoms with E-state index < -0.39 is 27.0 Å². The molecule has 1 unspecified atom stereocenters. The van der Waals surface area contributed by atoms with Gasteiger partial charge in [0.25, 0.3) is 5.91 Å². The normalized spacial score (nSPS) is 15.8. The van der Waals surface area contributed by atoms with E-state index in [1.54, 1.807) is 19.1 Å². The molecule has 0 aliphatic carbocycles. The number of halogens is 1. The number of nitrogens with zero attached hydrogens (tertiary/aromatic N) is 3. The molecule has 0 bridgehead atoms. The molecule has 2 heterocycles. The lowest BCUT2D eigenvalue weighted by Gasteiger charge is -2.21. The number of esters is 1. The smallest absolute Gasteiger partial charge is 0.329 e. The maximum atomic E-state index is 12.8. The van der Waals surface area contributed by atoms with Crippen molar-refractivity contribution in [2.45, 2.75) is 27.1 Å². The van der Waals surface area contributed by atoms with E-state index >= 15 is 0 Å². The van der Waals surface area contributed by atoms with Gasteiger partial charge in [0.1, 0.15) is 0 Å². The zero-order chi connectivity index (χ0) is 22.2. The zero-order valence-electron chi connectivity index (χ0n) is 16.0. The molecule has 0 saturated heterocycles. The molecule has 1 aliphatic rings. The van der Waals surface area contributed by atoms with Crippen LogP contribution in [0.5, 0.6) is 0 Å². The maximum Gasteiger partial charge on any atom is 0.329 e. The molecule has 0 fully saturated rings. The highest BCUT2D eigenvalue weighted by Gasteiger charge is 2.37. The predicted molar refractivity (Wildman–Crippen MR) is 113 cm³/mol. The third-order valence-electron chi connectivity index (χ3n) is 4.36. The van der Waals surface area contributed by atoms with Crippen LogP contribution in [0.3, 0.4) is 0 Å². The van der Waals surface area contributed by atoms with E-state index in [4.69, 9.17) is 16.3 Å². The summed E-state index contributed by atoms with van der Waals surface area (Å²) < 4.78 is 31.8. The van der Waals surface area contributed by atoms with Gasteiger partial charge in [-0.2, -0.15) is 0 Å². The molecular weight excluding hydrogens is 464 g/mol. The number of hydrogen-bond acceptors (Lipinski definition) is 8. The number of hydrogen-bond donors (Lipinski definition) is 1. The fourth-order valence-corrected chi connectivity index (χ4v) is 5.12. The molecule has 2 aromatic carbocycles. The van der Waals surface area contributed by atoms with Gasteiger partial charge in [0.15, 0.2) is 11.1 Å². The van der Waals surface area contributed by atoms with E-state index in [1.165, 1.54) is 41.1 Å². The number of amides is 1. The number of aromatic nitrogens is 3. The van der Waals surface area contributed by atoms with Crippen molar-refractivity contribution in [1.82, 2.24) is 14.9 Å². The van der Waals surface area contributed by atoms with Crippen LogP contribution in [0.4, 0.5) is 0 Å². The van der Waals surface area contributed by atoms with Gasteiger partial charge in [-0.3, -0.25) is 15.0 Å². The molecular formula is C19H15ClN4O5S2. The SMILES string of the molecule is CCOC(=O)C1Sc2nnc(-c3ccc(S(=O)(=O)c4ccc(Cl)cc4)cc3)n2NC1=O. The van der Waals surface area contributed by atoms with Crippen LogP contribution in [0.15, 0.2) is 63.5 Å². The Kier molecular flexibility index (Phi) is 5.73. The van der Waals surface area contributed by atoms with Gasteiger partial charge < -0.3 is 4.74 Å². The van der Waals surface area contributed by atoms with Crippen LogP contribution < -0.4 is 5.43 Å². The largest absolute Gasteiger partial charge is 0.465 e. The molecule has 1 N–H and O–H groups in total. The summed E-state index contributed by atoms with van der Waals surface area (Å²) in [7, 11) is -3.72. The Hall–Kier alpha value is -2.89. The third kappa shape index (κ3) is 4.03. The minimum atomic E-state index is -3.72. The van der Waals surface area contributed by atoms with Crippen LogP contribution in [0, 0.1) is 0 Å². The lowest BCUT2D eigenvalue weighted by Crippen LogP contribution is -2.41. The van der Waals surface area contributed by atoms with Gasteiger partial charge >= 0.3 is 5.97 Å². The van der Waals surface area contributed by atoms with Crippen LogP contribution in [0.25, 0.3) is 11.4 Å². The predicted octanol–water partition coefficient (Wildman–Crippen LogP) is 2.54. The van der Waals surface area contributed by atoms with Crippen LogP contribution in [0.1, 0.15) is 6.92 Å². The summed E-state index contributed by atoms with van der Waals surface area (Å²) in [5.41, 5.74) is 3.10. The molecule has 0 radical (unpaired) electrons. The zero-order valence-corrected chi connectivity index (χ0v) is 18.4. The molecule has 12 heteroatoms. The topological polar surface area (TPSA) is 120 Å².